The smallest absolute Gasteiger partial charge is 0.326 e. The number of carboxylic acids is 1. The van der Waals surface area contributed by atoms with E-state index in [0.29, 0.717) is 18.1 Å². The standard InChI is InChI=1S/C35H66N4O12Si3/c1-23(2)31(34(46)38-27(35(47)48)22-30(43)51-17-20-54(10,11)12)39-32(44)25(13-14-28(41)49-15-18-52(4,5)6)37-33(45)26(36-24(3)40)21-29(42)50-16-19-53(7,8)9/h23,25-27,31H,13-22H2,1-12H3,(H,36,40)(H,37,45)(H,38,46)(H,39,44)(H,47,48)/t25-,26-,27-,31-/m0/s1. The van der Waals surface area contributed by atoms with E-state index >= 15 is 0 Å². The van der Waals surface area contributed by atoms with Gasteiger partial charge >= 0.3 is 23.9 Å². The van der Waals surface area contributed by atoms with Crippen LogP contribution < -0.4 is 21.3 Å². The number of carbonyl (C=O) groups excluding carboxylic acids is 7. The van der Waals surface area contributed by atoms with Gasteiger partial charge in [0.1, 0.15) is 24.2 Å². The molecule has 0 radical (unpaired) electrons. The summed E-state index contributed by atoms with van der Waals surface area (Å²) in [6.45, 7) is 23.7. The van der Waals surface area contributed by atoms with Gasteiger partial charge in [-0.2, -0.15) is 0 Å². The van der Waals surface area contributed by atoms with Crippen molar-refractivity contribution < 1.29 is 57.7 Å². The number of carbonyl (C=O) groups is 8. The first-order valence-corrected chi connectivity index (χ1v) is 29.6. The maximum absolute atomic E-state index is 13.7. The zero-order chi connectivity index (χ0) is 42.0. The Balaban J connectivity index is 6.09. The van der Waals surface area contributed by atoms with Crippen LogP contribution in [-0.2, 0) is 52.6 Å². The van der Waals surface area contributed by atoms with Crippen molar-refractivity contribution in [2.75, 3.05) is 19.8 Å². The molecule has 4 atom stereocenters. The zero-order valence-corrected chi connectivity index (χ0v) is 37.4. The molecule has 0 bridgehead atoms. The van der Waals surface area contributed by atoms with Crippen LogP contribution in [0.2, 0.25) is 77.1 Å². The third kappa shape index (κ3) is 24.7. The summed E-state index contributed by atoms with van der Waals surface area (Å²) < 4.78 is 15.8. The van der Waals surface area contributed by atoms with Gasteiger partial charge in [0.2, 0.25) is 23.6 Å². The van der Waals surface area contributed by atoms with Crippen molar-refractivity contribution in [3.8, 4) is 0 Å². The summed E-state index contributed by atoms with van der Waals surface area (Å²) in [4.78, 5) is 102. The lowest BCUT2D eigenvalue weighted by Gasteiger charge is -2.27. The Morgan fingerprint density at radius 2 is 0.926 bits per heavy atom. The van der Waals surface area contributed by atoms with E-state index in [2.05, 4.69) is 80.2 Å². The molecule has 0 rings (SSSR count). The third-order valence-corrected chi connectivity index (χ3v) is 13.0. The highest BCUT2D eigenvalue weighted by Gasteiger charge is 2.34. The molecule has 19 heteroatoms. The van der Waals surface area contributed by atoms with E-state index in [4.69, 9.17) is 14.2 Å². The van der Waals surface area contributed by atoms with E-state index in [1.54, 1.807) is 13.8 Å². The van der Waals surface area contributed by atoms with Gasteiger partial charge in [0.15, 0.2) is 0 Å². The van der Waals surface area contributed by atoms with E-state index in [0.717, 1.165) is 6.92 Å². The Morgan fingerprint density at radius 3 is 1.31 bits per heavy atom. The quantitative estimate of drug-likeness (QED) is 0.0509. The number of nitrogens with one attached hydrogen (secondary N) is 4. The molecule has 54 heavy (non-hydrogen) atoms. The minimum atomic E-state index is -1.65. The maximum Gasteiger partial charge on any atom is 0.326 e. The molecule has 0 aromatic carbocycles. The summed E-state index contributed by atoms with van der Waals surface area (Å²) in [6, 6.07) is -3.79. The second kappa shape index (κ2) is 23.4. The van der Waals surface area contributed by atoms with Crippen molar-refractivity contribution >= 4 is 71.7 Å². The number of carboxylic acid groups (broad SMARTS) is 1. The van der Waals surface area contributed by atoms with Gasteiger partial charge in [-0.3, -0.25) is 33.6 Å². The van der Waals surface area contributed by atoms with E-state index < -0.39 is 115 Å². The van der Waals surface area contributed by atoms with Crippen molar-refractivity contribution in [3.05, 3.63) is 0 Å². The largest absolute Gasteiger partial charge is 0.480 e. The number of amides is 4. The van der Waals surface area contributed by atoms with E-state index in [9.17, 15) is 43.5 Å². The van der Waals surface area contributed by atoms with Crippen LogP contribution in [0.1, 0.15) is 46.5 Å². The first-order valence-electron chi connectivity index (χ1n) is 18.5. The molecular formula is C35H66N4O12Si3. The van der Waals surface area contributed by atoms with Crippen LogP contribution >= 0.6 is 0 Å². The molecule has 0 aromatic rings. The fraction of sp³-hybridized carbons (Fsp3) is 0.771. The molecule has 0 fully saturated rings. The van der Waals surface area contributed by atoms with Crippen LogP contribution in [0.25, 0.3) is 0 Å². The van der Waals surface area contributed by atoms with Gasteiger partial charge in [0, 0.05) is 37.6 Å². The number of hydrogen-bond acceptors (Lipinski definition) is 11. The minimum absolute atomic E-state index is 0.126. The van der Waals surface area contributed by atoms with Crippen molar-refractivity contribution in [1.82, 2.24) is 21.3 Å². The number of esters is 3. The predicted octanol–water partition coefficient (Wildman–Crippen LogP) is 2.89. The lowest BCUT2D eigenvalue weighted by Crippen LogP contribution is -2.59. The zero-order valence-electron chi connectivity index (χ0n) is 34.4. The molecule has 0 aliphatic rings. The fourth-order valence-corrected chi connectivity index (χ4v) is 6.59. The second-order valence-corrected chi connectivity index (χ2v) is 34.3. The van der Waals surface area contributed by atoms with Gasteiger partial charge in [0.05, 0.1) is 32.7 Å². The predicted molar refractivity (Wildman–Crippen MR) is 212 cm³/mol. The molecule has 16 nitrogen and oxygen atoms in total. The third-order valence-electron chi connectivity index (χ3n) is 7.91. The Morgan fingerprint density at radius 1 is 0.537 bits per heavy atom. The lowest BCUT2D eigenvalue weighted by molar-refractivity contribution is -0.150. The molecule has 310 valence electrons. The van der Waals surface area contributed by atoms with Crippen molar-refractivity contribution in [1.29, 1.82) is 0 Å². The Labute approximate surface area is 323 Å². The van der Waals surface area contributed by atoms with E-state index in [1.807, 2.05) is 0 Å². The molecule has 5 N–H and O–H groups in total. The maximum atomic E-state index is 13.7. The molecule has 0 unspecified atom stereocenters. The normalized spacial score (nSPS) is 14.1. The topological polar surface area (TPSA) is 233 Å². The van der Waals surface area contributed by atoms with Crippen LogP contribution in [-0.4, -0.2) is 121 Å². The van der Waals surface area contributed by atoms with Crippen LogP contribution in [0.4, 0.5) is 0 Å². The minimum Gasteiger partial charge on any atom is -0.480 e. The highest BCUT2D eigenvalue weighted by atomic mass is 28.3. The summed E-state index contributed by atoms with van der Waals surface area (Å²) in [5, 5.41) is 19.5. The molecule has 0 heterocycles. The molecule has 0 spiro atoms. The number of hydrogen-bond donors (Lipinski definition) is 5. The SMILES string of the molecule is CC(=O)N[C@@H](CC(=O)OCC[Si](C)(C)C)C(=O)N[C@@H](CCC(=O)OCC[Si](C)(C)C)C(=O)N[C@H](C(=O)N[C@@H](CC(=O)OCC[Si](C)(C)C)C(=O)O)C(C)C. The molecule has 0 saturated carbocycles. The van der Waals surface area contributed by atoms with Gasteiger partial charge in [-0.1, -0.05) is 72.8 Å². The fourth-order valence-electron chi connectivity index (χ4n) is 4.44. The Kier molecular flexibility index (Phi) is 21.8. The summed E-state index contributed by atoms with van der Waals surface area (Å²) in [5.41, 5.74) is 0. The van der Waals surface area contributed by atoms with Crippen LogP contribution in [0.3, 0.4) is 0 Å². The highest BCUT2D eigenvalue weighted by molar-refractivity contribution is 6.76. The van der Waals surface area contributed by atoms with Crippen LogP contribution in [0.5, 0.6) is 0 Å². The molecule has 4 amide bonds. The molecule has 0 saturated heterocycles. The first kappa shape index (κ1) is 50.4. The van der Waals surface area contributed by atoms with Crippen molar-refractivity contribution in [3.63, 3.8) is 0 Å². The monoisotopic (exact) mass is 818 g/mol. The lowest BCUT2D eigenvalue weighted by atomic mass is 10.0. The Bertz CT molecular complexity index is 1310. The van der Waals surface area contributed by atoms with Crippen molar-refractivity contribution in [2.45, 2.75) is 148 Å². The number of aliphatic carboxylic acids is 1. The summed E-state index contributed by atoms with van der Waals surface area (Å²) in [7, 11) is -4.57. The number of rotatable bonds is 25. The average Bonchev–Trinajstić information content (AvgIpc) is 2.98. The van der Waals surface area contributed by atoms with Gasteiger partial charge in [-0.25, -0.2) is 4.79 Å². The average molecular weight is 819 g/mol. The van der Waals surface area contributed by atoms with Gasteiger partial charge in [-0.05, 0) is 30.5 Å². The Hall–Kier alpha value is -3.59. The summed E-state index contributed by atoms with van der Waals surface area (Å²) in [5.74, 6) is -7.60. The second-order valence-electron chi connectivity index (χ2n) is 17.5. The number of ether oxygens (including phenoxy) is 3. The summed E-state index contributed by atoms with van der Waals surface area (Å²) in [6.07, 6.45) is -1.75. The molecule has 0 aromatic heterocycles. The molecule has 0 aliphatic carbocycles. The summed E-state index contributed by atoms with van der Waals surface area (Å²) >= 11 is 0. The van der Waals surface area contributed by atoms with Crippen LogP contribution in [0.15, 0.2) is 0 Å². The van der Waals surface area contributed by atoms with Gasteiger partial charge < -0.3 is 40.6 Å². The van der Waals surface area contributed by atoms with E-state index in [-0.39, 0.29) is 32.7 Å². The van der Waals surface area contributed by atoms with Gasteiger partial charge in [0.25, 0.3) is 0 Å². The highest BCUT2D eigenvalue weighted by Crippen LogP contribution is 2.12. The molecular weight excluding hydrogens is 753 g/mol. The molecule has 0 aliphatic heterocycles. The van der Waals surface area contributed by atoms with Crippen molar-refractivity contribution in [2.24, 2.45) is 5.92 Å². The van der Waals surface area contributed by atoms with E-state index in [1.165, 1.54) is 0 Å². The van der Waals surface area contributed by atoms with Crippen LogP contribution in [0, 0.1) is 5.92 Å². The van der Waals surface area contributed by atoms with Gasteiger partial charge in [-0.15, -0.1) is 0 Å². The first-order chi connectivity index (χ1) is 24.6.